The van der Waals surface area contributed by atoms with Gasteiger partial charge < -0.3 is 9.80 Å². The Kier molecular flexibility index (Phi) is 12.8. The summed E-state index contributed by atoms with van der Waals surface area (Å²) in [7, 11) is 0. The van der Waals surface area contributed by atoms with Crippen molar-refractivity contribution in [2.75, 3.05) is 9.80 Å². The van der Waals surface area contributed by atoms with Crippen molar-refractivity contribution in [2.45, 2.75) is 6.42 Å². The lowest BCUT2D eigenvalue weighted by atomic mass is 9.93. The van der Waals surface area contributed by atoms with Gasteiger partial charge in [0.25, 0.3) is 0 Å². The zero-order valence-corrected chi connectivity index (χ0v) is 39.5. The molecule has 0 saturated carbocycles. The zero-order valence-electron chi connectivity index (χ0n) is 39.5. The second-order valence-corrected chi connectivity index (χ2v) is 17.8. The van der Waals surface area contributed by atoms with Crippen LogP contribution in [0.25, 0.3) is 66.4 Å². The number of anilines is 5. The van der Waals surface area contributed by atoms with Crippen LogP contribution < -0.4 is 9.80 Å². The van der Waals surface area contributed by atoms with Crippen molar-refractivity contribution in [1.82, 2.24) is 0 Å². The molecule has 1 aliphatic carbocycles. The molecule has 0 spiro atoms. The normalized spacial score (nSPS) is 13.7. The third kappa shape index (κ3) is 9.61. The molecule has 0 bridgehead atoms. The van der Waals surface area contributed by atoms with Gasteiger partial charge in [-0.1, -0.05) is 231 Å². The maximum atomic E-state index is 4.62. The molecule has 0 N–H and O–H groups in total. The van der Waals surface area contributed by atoms with Crippen LogP contribution >= 0.6 is 0 Å². The van der Waals surface area contributed by atoms with E-state index in [1.165, 1.54) is 33.0 Å². The van der Waals surface area contributed by atoms with Crippen molar-refractivity contribution < 1.29 is 0 Å². The Labute approximate surface area is 418 Å². The van der Waals surface area contributed by atoms with E-state index in [4.69, 9.17) is 0 Å². The molecule has 0 heterocycles. The minimum absolute atomic E-state index is 0.852. The van der Waals surface area contributed by atoms with E-state index in [0.717, 1.165) is 79.5 Å². The smallest absolute Gasteiger partial charge is 0.0540 e. The number of hydrogen-bond donors (Lipinski definition) is 0. The summed E-state index contributed by atoms with van der Waals surface area (Å²) < 4.78 is 0. The first-order chi connectivity index (χ1) is 35.1. The van der Waals surface area contributed by atoms with Gasteiger partial charge in [0.05, 0.1) is 11.4 Å². The lowest BCUT2D eigenvalue weighted by molar-refractivity contribution is 1.18. The Morgan fingerprint density at radius 1 is 0.324 bits per heavy atom. The highest BCUT2D eigenvalue weighted by Gasteiger charge is 2.21. The fourth-order valence-corrected chi connectivity index (χ4v) is 9.65. The highest BCUT2D eigenvalue weighted by Crippen LogP contribution is 2.44. The predicted molar refractivity (Wildman–Crippen MR) is 304 cm³/mol. The predicted octanol–water partition coefficient (Wildman–Crippen LogP) is 19.3. The lowest BCUT2D eigenvalue weighted by Gasteiger charge is -2.30. The van der Waals surface area contributed by atoms with E-state index in [0.29, 0.717) is 0 Å². The molecule has 0 fully saturated rings. The molecule has 2 nitrogen and oxygen atoms in total. The van der Waals surface area contributed by atoms with E-state index in [9.17, 15) is 0 Å². The summed E-state index contributed by atoms with van der Waals surface area (Å²) in [6.45, 7) is 4.62. The van der Waals surface area contributed by atoms with Crippen LogP contribution in [0.4, 0.5) is 28.4 Å². The largest absolute Gasteiger partial charge is 0.310 e. The SMILES string of the molecule is C=C1/C=C\C=C/C/C=C\C=C1N(c1ccc(-c2ccc(N(c3ccc(-c4ccccc4)c(-c4ccccc4)c3)c3cccc4ccccc34)cc2)cc1)c1cc(-c2ccccc2)cc(-c2ccccc2)c1. The maximum absolute atomic E-state index is 4.62. The van der Waals surface area contributed by atoms with Crippen molar-refractivity contribution in [2.24, 2.45) is 0 Å². The highest BCUT2D eigenvalue weighted by molar-refractivity contribution is 6.00. The minimum Gasteiger partial charge on any atom is -0.310 e. The van der Waals surface area contributed by atoms with Crippen LogP contribution in [0.2, 0.25) is 0 Å². The summed E-state index contributed by atoms with van der Waals surface area (Å²) in [6, 6.07) is 89.7. The number of benzene rings is 10. The first-order valence-electron chi connectivity index (χ1n) is 24.3. The summed E-state index contributed by atoms with van der Waals surface area (Å²) in [6.07, 6.45) is 15.8. The number of fused-ring (bicyclic) bond motifs is 1. The van der Waals surface area contributed by atoms with Crippen LogP contribution in [0.5, 0.6) is 0 Å². The van der Waals surface area contributed by atoms with Crippen LogP contribution in [0.1, 0.15) is 6.42 Å². The van der Waals surface area contributed by atoms with Crippen LogP contribution in [0.15, 0.2) is 309 Å². The van der Waals surface area contributed by atoms with Crippen LogP contribution in [0, 0.1) is 0 Å². The quantitative estimate of drug-likeness (QED) is 0.128. The Morgan fingerprint density at radius 2 is 0.817 bits per heavy atom. The van der Waals surface area contributed by atoms with Crippen molar-refractivity contribution in [3.63, 3.8) is 0 Å². The Morgan fingerprint density at radius 3 is 1.44 bits per heavy atom. The minimum atomic E-state index is 0.852. The molecule has 0 radical (unpaired) electrons. The Hall–Kier alpha value is -9.24. The van der Waals surface area contributed by atoms with Crippen molar-refractivity contribution in [1.29, 1.82) is 0 Å². The van der Waals surface area contributed by atoms with E-state index in [-0.39, 0.29) is 0 Å². The molecule has 10 aromatic rings. The first kappa shape index (κ1) is 44.3. The number of nitrogens with zero attached hydrogens (tertiary/aromatic N) is 2. The van der Waals surface area contributed by atoms with E-state index in [1.54, 1.807) is 0 Å². The molecule has 0 amide bonds. The first-order valence-corrected chi connectivity index (χ1v) is 24.3. The second kappa shape index (κ2) is 20.5. The van der Waals surface area contributed by atoms with Gasteiger partial charge in [0.1, 0.15) is 0 Å². The zero-order chi connectivity index (χ0) is 47.8. The molecule has 0 aromatic heterocycles. The average molecular weight is 909 g/mol. The van der Waals surface area contributed by atoms with Gasteiger partial charge in [-0.25, -0.2) is 0 Å². The van der Waals surface area contributed by atoms with E-state index < -0.39 is 0 Å². The standard InChI is InChI=1S/C69H52N2/c1-51-23-10-4-2-3-5-19-35-68(51)71(64-48-59(52-24-11-6-12-25-52)47-60(49-64)53-26-13-7-14-27-53)62-43-39-55(40-44-62)54-37-41-61(42-38-54)70(69-36-22-33-57-32-20-21-34-66(57)69)63-45-46-65(56-28-15-8-16-29-56)67(50-63)58-30-17-9-18-31-58/h2,4-50H,1,3H2/b4-2-,19-5-,23-10-,68-35?. The Bertz CT molecular complexity index is 3520. The molecule has 338 valence electrons. The Balaban J connectivity index is 1.00. The van der Waals surface area contributed by atoms with Gasteiger partial charge in [-0.2, -0.15) is 0 Å². The topological polar surface area (TPSA) is 6.48 Å². The summed E-state index contributed by atoms with van der Waals surface area (Å²) in [4.78, 5) is 4.75. The molecule has 11 rings (SSSR count). The van der Waals surface area contributed by atoms with Gasteiger partial charge >= 0.3 is 0 Å². The van der Waals surface area contributed by atoms with Crippen molar-refractivity contribution in [3.05, 3.63) is 309 Å². The van der Waals surface area contributed by atoms with Gasteiger partial charge in [-0.3, -0.25) is 0 Å². The fraction of sp³-hybridized carbons (Fsp3) is 0.0145. The summed E-state index contributed by atoms with van der Waals surface area (Å²) in [5.74, 6) is 0. The second-order valence-electron chi connectivity index (χ2n) is 17.8. The van der Waals surface area contributed by atoms with Gasteiger partial charge in [0, 0.05) is 28.1 Å². The van der Waals surface area contributed by atoms with Gasteiger partial charge in [-0.15, -0.1) is 0 Å². The third-order valence-corrected chi connectivity index (χ3v) is 13.2. The molecule has 10 aromatic carbocycles. The molecule has 0 unspecified atom stereocenters. The van der Waals surface area contributed by atoms with Crippen molar-refractivity contribution >= 4 is 39.2 Å². The molecule has 0 saturated heterocycles. The summed E-state index contributed by atoms with van der Waals surface area (Å²) in [5.41, 5.74) is 18.9. The molecule has 0 aliphatic heterocycles. The fourth-order valence-electron chi connectivity index (χ4n) is 9.65. The number of rotatable bonds is 11. The molecule has 1 aliphatic rings. The third-order valence-electron chi connectivity index (χ3n) is 13.2. The molecular formula is C69H52N2. The monoisotopic (exact) mass is 908 g/mol. The van der Waals surface area contributed by atoms with Crippen molar-refractivity contribution in [3.8, 4) is 55.6 Å². The maximum Gasteiger partial charge on any atom is 0.0540 e. The van der Waals surface area contributed by atoms with Crippen LogP contribution in [-0.4, -0.2) is 0 Å². The van der Waals surface area contributed by atoms with E-state index >= 15 is 0 Å². The summed E-state index contributed by atoms with van der Waals surface area (Å²) in [5, 5.41) is 2.38. The van der Waals surface area contributed by atoms with Crippen LogP contribution in [0.3, 0.4) is 0 Å². The van der Waals surface area contributed by atoms with Gasteiger partial charge in [0.2, 0.25) is 0 Å². The van der Waals surface area contributed by atoms with E-state index in [2.05, 4.69) is 308 Å². The average Bonchev–Trinajstić information content (AvgIpc) is 3.44. The lowest BCUT2D eigenvalue weighted by Crippen LogP contribution is -2.17. The number of hydrogen-bond acceptors (Lipinski definition) is 2. The molecular weight excluding hydrogens is 857 g/mol. The highest BCUT2D eigenvalue weighted by atomic mass is 15.2. The molecule has 71 heavy (non-hydrogen) atoms. The van der Waals surface area contributed by atoms with Gasteiger partial charge in [-0.05, 0) is 140 Å². The van der Waals surface area contributed by atoms with Crippen LogP contribution in [-0.2, 0) is 0 Å². The summed E-state index contributed by atoms with van der Waals surface area (Å²) >= 11 is 0. The molecule has 0 atom stereocenters. The van der Waals surface area contributed by atoms with E-state index in [1.807, 2.05) is 0 Å². The van der Waals surface area contributed by atoms with Gasteiger partial charge in [0.15, 0.2) is 0 Å². The number of allylic oxidation sites excluding steroid dienone is 7. The molecule has 2 heteroatoms.